The quantitative estimate of drug-likeness (QED) is 0.665. The summed E-state index contributed by atoms with van der Waals surface area (Å²) in [7, 11) is 0. The zero-order valence-electron chi connectivity index (χ0n) is 19.1. The third-order valence-electron chi connectivity index (χ3n) is 9.51. The highest BCUT2D eigenvalue weighted by Gasteiger charge is 2.79. The van der Waals surface area contributed by atoms with Crippen molar-refractivity contribution in [3.63, 3.8) is 0 Å². The molecule has 4 fully saturated rings. The van der Waals surface area contributed by atoms with Gasteiger partial charge in [0.05, 0.1) is 11.3 Å². The van der Waals surface area contributed by atoms with Crippen LogP contribution in [0.3, 0.4) is 0 Å². The number of aryl methyl sites for hydroxylation is 1. The molecule has 0 bridgehead atoms. The van der Waals surface area contributed by atoms with Gasteiger partial charge in [0.25, 0.3) is 5.92 Å². The Morgan fingerprint density at radius 2 is 2.00 bits per heavy atom. The van der Waals surface area contributed by atoms with E-state index in [1.165, 1.54) is 0 Å². The predicted molar refractivity (Wildman–Crippen MR) is 124 cm³/mol. The van der Waals surface area contributed by atoms with Crippen LogP contribution in [0.1, 0.15) is 56.2 Å². The molecule has 1 aromatic carbocycles. The third kappa shape index (κ3) is 2.70. The van der Waals surface area contributed by atoms with Crippen LogP contribution in [0, 0.1) is 17.3 Å². The molecule has 2 aliphatic heterocycles. The molecule has 1 N–H and O–H groups in total. The van der Waals surface area contributed by atoms with Crippen molar-refractivity contribution < 1.29 is 18.4 Å². The number of hydrogen-bond acceptors (Lipinski definition) is 2. The smallest absolute Gasteiger partial charge is 0.259 e. The molecule has 5 nitrogen and oxygen atoms in total. The second-order valence-electron chi connectivity index (χ2n) is 11.4. The number of likely N-dealkylation sites (tertiary alicyclic amines) is 2. The van der Waals surface area contributed by atoms with Gasteiger partial charge in [-0.05, 0) is 68.2 Å². The van der Waals surface area contributed by atoms with Crippen LogP contribution >= 0.6 is 11.6 Å². The summed E-state index contributed by atoms with van der Waals surface area (Å²) >= 11 is 6.24. The summed E-state index contributed by atoms with van der Waals surface area (Å²) in [5.41, 5.74) is 1.98. The number of alkyl halides is 2. The number of hydrogen-bond donors (Lipinski definition) is 1. The Morgan fingerprint density at radius 3 is 2.79 bits per heavy atom. The lowest BCUT2D eigenvalue weighted by Gasteiger charge is -2.37. The first-order valence-electron chi connectivity index (χ1n) is 12.5. The summed E-state index contributed by atoms with van der Waals surface area (Å²) in [6.45, 7) is 2.05. The second-order valence-corrected chi connectivity index (χ2v) is 11.8. The SMILES string of the molecule is CC12CN(C(=O)[C@H]3CC4CC4N3C(=O)C3CCCc4c3[nH]c3ccc(Cl)cc43)CCC1C2(F)F. The number of fused-ring (bicyclic) bond motifs is 5. The average molecular weight is 488 g/mol. The van der Waals surface area contributed by atoms with E-state index in [0.717, 1.165) is 47.8 Å². The number of halogens is 3. The molecule has 2 aromatic rings. The minimum absolute atomic E-state index is 0.0137. The number of piperidine rings is 2. The molecule has 0 spiro atoms. The minimum Gasteiger partial charge on any atom is -0.357 e. The highest BCUT2D eigenvalue weighted by Crippen LogP contribution is 2.69. The number of benzene rings is 1. The molecule has 3 heterocycles. The third-order valence-corrected chi connectivity index (χ3v) is 9.75. The number of carbonyl (C=O) groups excluding carboxylic acids is 2. The van der Waals surface area contributed by atoms with E-state index in [1.54, 1.807) is 11.8 Å². The molecule has 7 rings (SSSR count). The van der Waals surface area contributed by atoms with Gasteiger partial charge in [-0.1, -0.05) is 18.5 Å². The summed E-state index contributed by atoms with van der Waals surface area (Å²) in [6, 6.07) is 5.35. The molecule has 2 saturated heterocycles. The van der Waals surface area contributed by atoms with Crippen LogP contribution in [-0.2, 0) is 16.0 Å². The Kier molecular flexibility index (Phi) is 4.20. The van der Waals surface area contributed by atoms with Gasteiger partial charge in [0.2, 0.25) is 11.8 Å². The number of rotatable bonds is 2. The molecule has 34 heavy (non-hydrogen) atoms. The van der Waals surface area contributed by atoms with Crippen molar-refractivity contribution in [2.75, 3.05) is 13.1 Å². The molecule has 6 atom stereocenters. The van der Waals surface area contributed by atoms with Crippen molar-refractivity contribution in [1.29, 1.82) is 0 Å². The number of aromatic amines is 1. The standard InChI is InChI=1S/C26H28ClF2N3O2/c1-25-12-31(8-7-21(25)26(25,28)29)24(34)20-10-13-9-19(13)32(20)23(33)16-4-2-3-15-17-11-14(27)5-6-18(17)30-22(15)16/h5-6,11,13,16,19-21,30H,2-4,7-10,12H2,1H3/t13?,16?,19?,20-,21?,25?/m1/s1. The van der Waals surface area contributed by atoms with Crippen molar-refractivity contribution in [2.45, 2.75) is 69.4 Å². The largest absolute Gasteiger partial charge is 0.357 e. The maximum absolute atomic E-state index is 14.3. The van der Waals surface area contributed by atoms with Crippen LogP contribution in [0.4, 0.5) is 8.78 Å². The average Bonchev–Trinajstić information content (AvgIpc) is 3.51. The van der Waals surface area contributed by atoms with Crippen molar-refractivity contribution in [1.82, 2.24) is 14.8 Å². The molecular weight excluding hydrogens is 460 g/mol. The van der Waals surface area contributed by atoms with E-state index < -0.39 is 23.3 Å². The molecule has 2 amide bonds. The van der Waals surface area contributed by atoms with E-state index in [2.05, 4.69) is 4.98 Å². The fourth-order valence-corrected chi connectivity index (χ4v) is 7.58. The molecule has 8 heteroatoms. The predicted octanol–water partition coefficient (Wildman–Crippen LogP) is 4.73. The Labute approximate surface area is 201 Å². The minimum atomic E-state index is -2.69. The fourth-order valence-electron chi connectivity index (χ4n) is 7.40. The zero-order valence-corrected chi connectivity index (χ0v) is 19.9. The second kappa shape index (κ2) is 6.74. The van der Waals surface area contributed by atoms with Crippen molar-refractivity contribution >= 4 is 34.3 Å². The fraction of sp³-hybridized carbons (Fsp3) is 0.615. The topological polar surface area (TPSA) is 56.4 Å². The summed E-state index contributed by atoms with van der Waals surface area (Å²) in [5, 5.41) is 1.74. The number of nitrogens with zero attached hydrogens (tertiary/aromatic N) is 2. The van der Waals surface area contributed by atoms with Crippen LogP contribution in [0.5, 0.6) is 0 Å². The first-order valence-corrected chi connectivity index (χ1v) is 12.9. The van der Waals surface area contributed by atoms with E-state index in [0.29, 0.717) is 30.3 Å². The highest BCUT2D eigenvalue weighted by atomic mass is 35.5. The molecule has 180 valence electrons. The zero-order chi connectivity index (χ0) is 23.6. The first-order chi connectivity index (χ1) is 16.2. The Bertz CT molecular complexity index is 1240. The van der Waals surface area contributed by atoms with Gasteiger partial charge in [0.1, 0.15) is 6.04 Å². The van der Waals surface area contributed by atoms with E-state index in [9.17, 15) is 18.4 Å². The number of nitrogens with one attached hydrogen (secondary N) is 1. The molecule has 5 unspecified atom stereocenters. The molecule has 2 saturated carbocycles. The van der Waals surface area contributed by atoms with Crippen molar-refractivity contribution in [3.8, 4) is 0 Å². The highest BCUT2D eigenvalue weighted by molar-refractivity contribution is 6.31. The maximum atomic E-state index is 14.3. The monoisotopic (exact) mass is 487 g/mol. The lowest BCUT2D eigenvalue weighted by molar-refractivity contribution is -0.147. The molecule has 5 aliphatic rings. The van der Waals surface area contributed by atoms with E-state index in [4.69, 9.17) is 11.6 Å². The first kappa shape index (κ1) is 21.2. The normalized spacial score (nSPS) is 37.2. The summed E-state index contributed by atoms with van der Waals surface area (Å²) in [6.07, 6.45) is 4.49. The van der Waals surface area contributed by atoms with Gasteiger partial charge in [-0.2, -0.15) is 0 Å². The van der Waals surface area contributed by atoms with Crippen LogP contribution in [0.15, 0.2) is 18.2 Å². The van der Waals surface area contributed by atoms with Gasteiger partial charge >= 0.3 is 0 Å². The van der Waals surface area contributed by atoms with E-state index >= 15 is 0 Å². The molecule has 3 aliphatic carbocycles. The van der Waals surface area contributed by atoms with Gasteiger partial charge in [-0.15, -0.1) is 0 Å². The van der Waals surface area contributed by atoms with Gasteiger partial charge in [0, 0.05) is 46.7 Å². The number of aromatic nitrogens is 1. The molecule has 1 aromatic heterocycles. The van der Waals surface area contributed by atoms with Gasteiger partial charge < -0.3 is 14.8 Å². The Balaban J connectivity index is 1.17. The van der Waals surface area contributed by atoms with Crippen molar-refractivity contribution in [2.24, 2.45) is 17.3 Å². The van der Waals surface area contributed by atoms with Crippen LogP contribution in [-0.4, -0.2) is 57.7 Å². The summed E-state index contributed by atoms with van der Waals surface area (Å²) in [5.74, 6) is -3.37. The van der Waals surface area contributed by atoms with Crippen LogP contribution in [0.2, 0.25) is 5.02 Å². The molecule has 0 radical (unpaired) electrons. The molecular formula is C26H28ClF2N3O2. The van der Waals surface area contributed by atoms with Crippen molar-refractivity contribution in [3.05, 3.63) is 34.5 Å². The van der Waals surface area contributed by atoms with E-state index in [1.807, 2.05) is 23.1 Å². The summed E-state index contributed by atoms with van der Waals surface area (Å²) < 4.78 is 28.5. The van der Waals surface area contributed by atoms with Gasteiger partial charge in [0.15, 0.2) is 0 Å². The van der Waals surface area contributed by atoms with Crippen LogP contribution < -0.4 is 0 Å². The maximum Gasteiger partial charge on any atom is 0.259 e. The van der Waals surface area contributed by atoms with Crippen LogP contribution in [0.25, 0.3) is 10.9 Å². The Hall–Kier alpha value is -2.15. The lowest BCUT2D eigenvalue weighted by atomic mass is 9.85. The summed E-state index contributed by atoms with van der Waals surface area (Å²) in [4.78, 5) is 34.5. The Morgan fingerprint density at radius 1 is 1.18 bits per heavy atom. The lowest BCUT2D eigenvalue weighted by Crippen LogP contribution is -2.53. The number of carbonyl (C=O) groups is 2. The van der Waals surface area contributed by atoms with Gasteiger partial charge in [-0.25, -0.2) is 8.78 Å². The number of amides is 2. The van der Waals surface area contributed by atoms with Gasteiger partial charge in [-0.3, -0.25) is 9.59 Å². The number of H-pyrrole nitrogens is 1. The van der Waals surface area contributed by atoms with E-state index in [-0.39, 0.29) is 30.3 Å².